The van der Waals surface area contributed by atoms with Gasteiger partial charge in [0, 0.05) is 13.1 Å². The van der Waals surface area contributed by atoms with E-state index in [1.165, 1.54) is 4.90 Å². The number of carbonyl (C=O) groups excluding carboxylic acids is 1. The monoisotopic (exact) mass is 289 g/mol. The van der Waals surface area contributed by atoms with Gasteiger partial charge in [-0.25, -0.2) is 0 Å². The molecule has 0 radical (unpaired) electrons. The van der Waals surface area contributed by atoms with E-state index in [-0.39, 0.29) is 0 Å². The standard InChI is InChI=1S/C12H13Cl2NOS/c1-2-8-15(11(16)12(13,14)17)9-10-6-4-3-5-7-10/h2-7,17H,1,8-9H2. The molecule has 92 valence electrons. The summed E-state index contributed by atoms with van der Waals surface area (Å²) in [6, 6.07) is 9.57. The molecule has 0 heterocycles. The van der Waals surface area contributed by atoms with Crippen LogP contribution in [0.25, 0.3) is 0 Å². The Labute approximate surface area is 117 Å². The van der Waals surface area contributed by atoms with Crippen molar-refractivity contribution in [2.75, 3.05) is 6.54 Å². The highest BCUT2D eigenvalue weighted by molar-refractivity contribution is 7.86. The van der Waals surface area contributed by atoms with E-state index in [0.29, 0.717) is 13.1 Å². The summed E-state index contributed by atoms with van der Waals surface area (Å²) in [7, 11) is 0. The maximum atomic E-state index is 11.9. The van der Waals surface area contributed by atoms with Crippen LogP contribution in [0.3, 0.4) is 0 Å². The second-order valence-electron chi connectivity index (χ2n) is 3.50. The molecule has 0 fully saturated rings. The minimum Gasteiger partial charge on any atom is -0.331 e. The summed E-state index contributed by atoms with van der Waals surface area (Å²) >= 11 is 15.2. The average molecular weight is 290 g/mol. The Hall–Kier alpha value is -0.640. The van der Waals surface area contributed by atoms with Crippen LogP contribution in [0.1, 0.15) is 5.56 Å². The zero-order valence-corrected chi connectivity index (χ0v) is 11.6. The molecular formula is C12H13Cl2NOS. The van der Waals surface area contributed by atoms with Crippen LogP contribution in [0.5, 0.6) is 0 Å². The number of thiol groups is 1. The first-order valence-corrected chi connectivity index (χ1v) is 6.20. The summed E-state index contributed by atoms with van der Waals surface area (Å²) in [6.07, 6.45) is 1.62. The van der Waals surface area contributed by atoms with E-state index in [4.69, 9.17) is 23.2 Å². The molecular weight excluding hydrogens is 277 g/mol. The minimum absolute atomic E-state index is 0.371. The summed E-state index contributed by atoms with van der Waals surface area (Å²) in [6.45, 7) is 4.40. The van der Waals surface area contributed by atoms with Gasteiger partial charge in [-0.2, -0.15) is 0 Å². The lowest BCUT2D eigenvalue weighted by molar-refractivity contribution is -0.130. The fraction of sp³-hybridized carbons (Fsp3) is 0.250. The van der Waals surface area contributed by atoms with Gasteiger partial charge in [0.25, 0.3) is 5.91 Å². The molecule has 0 bridgehead atoms. The maximum Gasteiger partial charge on any atom is 0.269 e. The van der Waals surface area contributed by atoms with Crippen molar-refractivity contribution in [2.24, 2.45) is 0 Å². The number of amides is 1. The number of carbonyl (C=O) groups is 1. The van der Waals surface area contributed by atoms with E-state index in [2.05, 4.69) is 19.2 Å². The molecule has 0 aliphatic heterocycles. The second-order valence-corrected chi connectivity index (χ2v) is 6.03. The van der Waals surface area contributed by atoms with E-state index >= 15 is 0 Å². The molecule has 0 spiro atoms. The number of benzene rings is 1. The number of halogens is 2. The van der Waals surface area contributed by atoms with Crippen LogP contribution in [0.2, 0.25) is 0 Å². The van der Waals surface area contributed by atoms with Gasteiger partial charge < -0.3 is 4.90 Å². The van der Waals surface area contributed by atoms with Crippen LogP contribution < -0.4 is 0 Å². The Morgan fingerprint density at radius 2 is 2.00 bits per heavy atom. The van der Waals surface area contributed by atoms with Crippen LogP contribution in [-0.2, 0) is 11.3 Å². The highest BCUT2D eigenvalue weighted by Crippen LogP contribution is 2.28. The van der Waals surface area contributed by atoms with Crippen molar-refractivity contribution in [3.63, 3.8) is 0 Å². The van der Waals surface area contributed by atoms with Crippen molar-refractivity contribution in [3.05, 3.63) is 48.6 Å². The molecule has 17 heavy (non-hydrogen) atoms. The molecule has 1 amide bonds. The largest absolute Gasteiger partial charge is 0.331 e. The molecule has 0 saturated heterocycles. The smallest absolute Gasteiger partial charge is 0.269 e. The number of nitrogens with zero attached hydrogens (tertiary/aromatic N) is 1. The lowest BCUT2D eigenvalue weighted by Crippen LogP contribution is -2.39. The van der Waals surface area contributed by atoms with Gasteiger partial charge in [0.1, 0.15) is 0 Å². The predicted octanol–water partition coefficient (Wildman–Crippen LogP) is 3.26. The third-order valence-corrected chi connectivity index (χ3v) is 2.62. The Balaban J connectivity index is 2.80. The van der Waals surface area contributed by atoms with Crippen LogP contribution in [-0.4, -0.2) is 21.0 Å². The molecule has 0 unspecified atom stereocenters. The van der Waals surface area contributed by atoms with Crippen molar-refractivity contribution < 1.29 is 4.79 Å². The summed E-state index contributed by atoms with van der Waals surface area (Å²) < 4.78 is -1.71. The van der Waals surface area contributed by atoms with E-state index in [0.717, 1.165) is 5.56 Å². The summed E-state index contributed by atoms with van der Waals surface area (Å²) in [5.74, 6) is -0.451. The molecule has 0 atom stereocenters. The van der Waals surface area contributed by atoms with Crippen molar-refractivity contribution in [3.8, 4) is 0 Å². The molecule has 1 aromatic carbocycles. The third-order valence-electron chi connectivity index (χ3n) is 2.11. The first-order chi connectivity index (χ1) is 7.95. The van der Waals surface area contributed by atoms with Crippen molar-refractivity contribution >= 4 is 41.7 Å². The Morgan fingerprint density at radius 1 is 1.41 bits per heavy atom. The minimum atomic E-state index is -1.71. The quantitative estimate of drug-likeness (QED) is 0.501. The Bertz CT molecular complexity index is 389. The molecule has 0 saturated carbocycles. The zero-order valence-electron chi connectivity index (χ0n) is 9.14. The topological polar surface area (TPSA) is 20.3 Å². The van der Waals surface area contributed by atoms with Crippen molar-refractivity contribution in [2.45, 2.75) is 10.2 Å². The van der Waals surface area contributed by atoms with Crippen LogP contribution in [0.15, 0.2) is 43.0 Å². The van der Waals surface area contributed by atoms with Gasteiger partial charge in [0.15, 0.2) is 0 Å². The highest BCUT2D eigenvalue weighted by atomic mass is 35.5. The fourth-order valence-electron chi connectivity index (χ4n) is 1.37. The van der Waals surface area contributed by atoms with Gasteiger partial charge in [-0.3, -0.25) is 4.79 Å². The summed E-state index contributed by atoms with van der Waals surface area (Å²) in [5, 5.41) is 0. The van der Waals surface area contributed by atoms with Gasteiger partial charge >= 0.3 is 0 Å². The molecule has 2 nitrogen and oxygen atoms in total. The van der Waals surface area contributed by atoms with Crippen molar-refractivity contribution in [1.29, 1.82) is 0 Å². The predicted molar refractivity (Wildman–Crippen MR) is 75.5 cm³/mol. The average Bonchev–Trinajstić information content (AvgIpc) is 2.28. The zero-order chi connectivity index (χ0) is 12.9. The van der Waals surface area contributed by atoms with E-state index in [9.17, 15) is 4.79 Å². The van der Waals surface area contributed by atoms with Crippen LogP contribution >= 0.6 is 35.8 Å². The second kappa shape index (κ2) is 6.34. The molecule has 0 N–H and O–H groups in total. The number of hydrogen-bond acceptors (Lipinski definition) is 2. The molecule has 1 rings (SSSR count). The van der Waals surface area contributed by atoms with Crippen LogP contribution in [0, 0.1) is 0 Å². The number of hydrogen-bond donors (Lipinski definition) is 1. The first-order valence-electron chi connectivity index (χ1n) is 4.99. The maximum absolute atomic E-state index is 11.9. The van der Waals surface area contributed by atoms with E-state index in [1.54, 1.807) is 6.08 Å². The van der Waals surface area contributed by atoms with Gasteiger partial charge in [-0.1, -0.05) is 59.6 Å². The first kappa shape index (κ1) is 14.4. The Kier molecular flexibility index (Phi) is 5.37. The summed E-state index contributed by atoms with van der Waals surface area (Å²) in [4.78, 5) is 13.4. The van der Waals surface area contributed by atoms with Gasteiger partial charge in [-0.05, 0) is 5.56 Å². The molecule has 0 aliphatic rings. The van der Waals surface area contributed by atoms with E-state index < -0.39 is 9.57 Å². The lowest BCUT2D eigenvalue weighted by atomic mass is 10.2. The fourth-order valence-corrected chi connectivity index (χ4v) is 1.75. The lowest BCUT2D eigenvalue weighted by Gasteiger charge is -2.25. The molecule has 0 aromatic heterocycles. The molecule has 1 aromatic rings. The molecule has 0 aliphatic carbocycles. The van der Waals surface area contributed by atoms with Crippen LogP contribution in [0.4, 0.5) is 0 Å². The van der Waals surface area contributed by atoms with Gasteiger partial charge in [0.2, 0.25) is 3.67 Å². The Morgan fingerprint density at radius 3 is 2.47 bits per heavy atom. The summed E-state index contributed by atoms with van der Waals surface area (Å²) in [5.41, 5.74) is 0.994. The highest BCUT2D eigenvalue weighted by Gasteiger charge is 2.33. The third kappa shape index (κ3) is 4.62. The van der Waals surface area contributed by atoms with Gasteiger partial charge in [0.05, 0.1) is 0 Å². The van der Waals surface area contributed by atoms with Crippen molar-refractivity contribution in [1.82, 2.24) is 4.90 Å². The number of rotatable bonds is 5. The molecule has 5 heteroatoms. The SMILES string of the molecule is C=CCN(Cc1ccccc1)C(=O)C(S)(Cl)Cl. The number of alkyl halides is 2. The normalized spacial score (nSPS) is 11.0. The van der Waals surface area contributed by atoms with Gasteiger partial charge in [-0.15, -0.1) is 19.2 Å². The van der Waals surface area contributed by atoms with E-state index in [1.807, 2.05) is 30.3 Å².